The molecule has 1 aliphatic rings. The zero-order valence-corrected chi connectivity index (χ0v) is 13.0. The number of nitrogens with two attached hydrogens (primary N) is 1. The second-order valence-electron chi connectivity index (χ2n) is 6.06. The van der Waals surface area contributed by atoms with Crippen LogP contribution in [0.4, 0.5) is 0 Å². The molecule has 21 heavy (non-hydrogen) atoms. The summed E-state index contributed by atoms with van der Waals surface area (Å²) in [5.41, 5.74) is 6.27. The van der Waals surface area contributed by atoms with E-state index in [0.717, 1.165) is 44.8 Å². The Morgan fingerprint density at radius 1 is 1.29 bits per heavy atom. The molecule has 4 heteroatoms. The van der Waals surface area contributed by atoms with E-state index in [1.165, 1.54) is 0 Å². The summed E-state index contributed by atoms with van der Waals surface area (Å²) in [5.74, 6) is -0.0598. The number of carbonyl (C=O) groups is 1. The molecule has 2 rings (SSSR count). The third-order valence-corrected chi connectivity index (χ3v) is 4.64. The van der Waals surface area contributed by atoms with Gasteiger partial charge in [-0.25, -0.2) is 0 Å². The molecule has 1 aromatic carbocycles. The molecule has 0 aliphatic carbocycles. The summed E-state index contributed by atoms with van der Waals surface area (Å²) in [4.78, 5) is 14.7. The van der Waals surface area contributed by atoms with Crippen molar-refractivity contribution in [3.8, 4) is 0 Å². The van der Waals surface area contributed by atoms with E-state index in [1.807, 2.05) is 30.3 Å². The minimum absolute atomic E-state index is 0.165. The molecule has 0 spiro atoms. The highest BCUT2D eigenvalue weighted by atomic mass is 16.5. The lowest BCUT2D eigenvalue weighted by Crippen LogP contribution is -2.48. The maximum Gasteiger partial charge on any atom is 0.228 e. The molecule has 1 heterocycles. The van der Waals surface area contributed by atoms with Gasteiger partial charge in [0.1, 0.15) is 0 Å². The first-order valence-corrected chi connectivity index (χ1v) is 7.73. The zero-order chi connectivity index (χ0) is 15.3. The maximum absolute atomic E-state index is 12.3. The van der Waals surface area contributed by atoms with Crippen molar-refractivity contribution in [3.63, 3.8) is 0 Å². The second kappa shape index (κ2) is 7.05. The van der Waals surface area contributed by atoms with Gasteiger partial charge in [-0.15, -0.1) is 0 Å². The van der Waals surface area contributed by atoms with Gasteiger partial charge in [0.25, 0.3) is 0 Å². The number of hydrogen-bond acceptors (Lipinski definition) is 3. The highest BCUT2D eigenvalue weighted by Gasteiger charge is 2.41. The molecule has 0 bridgehead atoms. The fourth-order valence-electron chi connectivity index (χ4n) is 3.21. The number of hydrogen-bond donors (Lipinski definition) is 1. The van der Waals surface area contributed by atoms with Gasteiger partial charge >= 0.3 is 0 Å². The molecule has 0 radical (unpaired) electrons. The molecule has 0 aromatic heterocycles. The predicted octanol–water partition coefficient (Wildman–Crippen LogP) is 1.79. The SMILES string of the molecule is CC(C)C(CCN1CCOCC1)(C(N)=O)c1ccccc1. The molecule has 1 aliphatic heterocycles. The van der Waals surface area contributed by atoms with E-state index in [0.29, 0.717) is 0 Å². The van der Waals surface area contributed by atoms with Crippen molar-refractivity contribution in [2.24, 2.45) is 11.7 Å². The summed E-state index contributed by atoms with van der Waals surface area (Å²) in [6.07, 6.45) is 0.754. The lowest BCUT2D eigenvalue weighted by atomic mass is 9.68. The monoisotopic (exact) mass is 290 g/mol. The van der Waals surface area contributed by atoms with Gasteiger partial charge in [-0.3, -0.25) is 9.69 Å². The number of carbonyl (C=O) groups excluding carboxylic acids is 1. The van der Waals surface area contributed by atoms with E-state index in [4.69, 9.17) is 10.5 Å². The van der Waals surface area contributed by atoms with E-state index in [1.54, 1.807) is 0 Å². The van der Waals surface area contributed by atoms with Crippen LogP contribution in [0.3, 0.4) is 0 Å². The van der Waals surface area contributed by atoms with Crippen LogP contribution in [0.1, 0.15) is 25.8 Å². The average Bonchev–Trinajstić information content (AvgIpc) is 2.49. The van der Waals surface area contributed by atoms with Crippen LogP contribution in [-0.2, 0) is 14.9 Å². The molecule has 1 fully saturated rings. The molecule has 1 unspecified atom stereocenters. The van der Waals surface area contributed by atoms with Crippen molar-refractivity contribution in [2.75, 3.05) is 32.8 Å². The summed E-state index contributed by atoms with van der Waals surface area (Å²) < 4.78 is 5.38. The van der Waals surface area contributed by atoms with E-state index < -0.39 is 5.41 Å². The summed E-state index contributed by atoms with van der Waals surface area (Å²) in [5, 5.41) is 0. The zero-order valence-electron chi connectivity index (χ0n) is 13.0. The van der Waals surface area contributed by atoms with Crippen LogP contribution >= 0.6 is 0 Å². The number of rotatable bonds is 6. The Hall–Kier alpha value is -1.39. The Balaban J connectivity index is 2.21. The van der Waals surface area contributed by atoms with Crippen molar-refractivity contribution < 1.29 is 9.53 Å². The van der Waals surface area contributed by atoms with Gasteiger partial charge in [0.05, 0.1) is 18.6 Å². The molecule has 1 amide bonds. The number of primary amides is 1. The van der Waals surface area contributed by atoms with E-state index in [9.17, 15) is 4.79 Å². The number of ether oxygens (including phenoxy) is 1. The quantitative estimate of drug-likeness (QED) is 0.869. The van der Waals surface area contributed by atoms with E-state index in [-0.39, 0.29) is 11.8 Å². The minimum atomic E-state index is -0.598. The van der Waals surface area contributed by atoms with Crippen molar-refractivity contribution in [2.45, 2.75) is 25.7 Å². The number of morpholine rings is 1. The third-order valence-electron chi connectivity index (χ3n) is 4.64. The Bertz CT molecular complexity index is 455. The maximum atomic E-state index is 12.3. The van der Waals surface area contributed by atoms with Gasteiger partial charge in [0.2, 0.25) is 5.91 Å². The predicted molar refractivity (Wildman–Crippen MR) is 84.0 cm³/mol. The average molecular weight is 290 g/mol. The van der Waals surface area contributed by atoms with Gasteiger partial charge in [0, 0.05) is 13.1 Å². The van der Waals surface area contributed by atoms with Crippen molar-refractivity contribution in [3.05, 3.63) is 35.9 Å². The van der Waals surface area contributed by atoms with Gasteiger partial charge in [0.15, 0.2) is 0 Å². The molecular formula is C17H26N2O2. The standard InChI is InChI=1S/C17H26N2O2/c1-14(2)17(16(18)20,15-6-4-3-5-7-15)8-9-19-10-12-21-13-11-19/h3-7,14H,8-13H2,1-2H3,(H2,18,20). The van der Waals surface area contributed by atoms with Crippen LogP contribution in [0, 0.1) is 5.92 Å². The Kier molecular flexibility index (Phi) is 5.37. The molecular weight excluding hydrogens is 264 g/mol. The van der Waals surface area contributed by atoms with Crippen LogP contribution in [-0.4, -0.2) is 43.7 Å². The Morgan fingerprint density at radius 3 is 2.43 bits per heavy atom. The summed E-state index contributed by atoms with van der Waals surface area (Å²) >= 11 is 0. The van der Waals surface area contributed by atoms with Crippen LogP contribution in [0.2, 0.25) is 0 Å². The number of nitrogens with zero attached hydrogens (tertiary/aromatic N) is 1. The third kappa shape index (κ3) is 3.44. The lowest BCUT2D eigenvalue weighted by Gasteiger charge is -2.37. The molecule has 0 saturated carbocycles. The highest BCUT2D eigenvalue weighted by Crippen LogP contribution is 2.36. The van der Waals surface area contributed by atoms with Crippen LogP contribution < -0.4 is 5.73 Å². The van der Waals surface area contributed by atoms with Gasteiger partial charge in [-0.05, 0) is 24.4 Å². The fraction of sp³-hybridized carbons (Fsp3) is 0.588. The summed E-state index contributed by atoms with van der Waals surface area (Å²) in [7, 11) is 0. The Morgan fingerprint density at radius 2 is 1.90 bits per heavy atom. The van der Waals surface area contributed by atoms with E-state index >= 15 is 0 Å². The first-order chi connectivity index (χ1) is 10.1. The highest BCUT2D eigenvalue weighted by molar-refractivity contribution is 5.87. The first-order valence-electron chi connectivity index (χ1n) is 7.73. The lowest BCUT2D eigenvalue weighted by molar-refractivity contribution is -0.125. The number of amides is 1. The topological polar surface area (TPSA) is 55.6 Å². The molecule has 1 atom stereocenters. The van der Waals surface area contributed by atoms with Crippen molar-refractivity contribution in [1.82, 2.24) is 4.90 Å². The van der Waals surface area contributed by atoms with Crippen LogP contribution in [0.5, 0.6) is 0 Å². The van der Waals surface area contributed by atoms with Crippen LogP contribution in [0.25, 0.3) is 0 Å². The van der Waals surface area contributed by atoms with Gasteiger partial charge in [-0.2, -0.15) is 0 Å². The van der Waals surface area contributed by atoms with Gasteiger partial charge < -0.3 is 10.5 Å². The molecule has 4 nitrogen and oxygen atoms in total. The molecule has 1 saturated heterocycles. The first kappa shape index (κ1) is 16.0. The Labute approximate surface area is 127 Å². The smallest absolute Gasteiger partial charge is 0.228 e. The fourth-order valence-corrected chi connectivity index (χ4v) is 3.21. The molecule has 1 aromatic rings. The molecule has 2 N–H and O–H groups in total. The summed E-state index contributed by atoms with van der Waals surface area (Å²) in [6.45, 7) is 8.45. The second-order valence-corrected chi connectivity index (χ2v) is 6.06. The summed E-state index contributed by atoms with van der Waals surface area (Å²) in [6, 6.07) is 9.96. The normalized spacial score (nSPS) is 19.4. The largest absolute Gasteiger partial charge is 0.379 e. The van der Waals surface area contributed by atoms with Crippen molar-refractivity contribution >= 4 is 5.91 Å². The minimum Gasteiger partial charge on any atom is -0.379 e. The van der Waals surface area contributed by atoms with E-state index in [2.05, 4.69) is 18.7 Å². The number of benzene rings is 1. The van der Waals surface area contributed by atoms with Crippen molar-refractivity contribution in [1.29, 1.82) is 0 Å². The van der Waals surface area contributed by atoms with Crippen LogP contribution in [0.15, 0.2) is 30.3 Å². The van der Waals surface area contributed by atoms with Gasteiger partial charge in [-0.1, -0.05) is 44.2 Å². The molecule has 116 valence electrons.